The molecule has 3 rings (SSSR count). The molecule has 1 atom stereocenters. The summed E-state index contributed by atoms with van der Waals surface area (Å²) >= 11 is 7.19. The summed E-state index contributed by atoms with van der Waals surface area (Å²) in [6, 6.07) is 18.1. The van der Waals surface area contributed by atoms with Crippen LogP contribution < -0.4 is 4.90 Å². The summed E-state index contributed by atoms with van der Waals surface area (Å²) in [5.74, 6) is 0. The SMILES string of the molecule is CN(C)c1ccc(/C=[N+](\[O-])[C@H]2N(Cc3ccccc3)C(=S)SC2(C)C)cc1. The van der Waals surface area contributed by atoms with Crippen LogP contribution >= 0.6 is 24.0 Å². The summed E-state index contributed by atoms with van der Waals surface area (Å²) in [6.45, 7) is 4.79. The number of hydrogen-bond acceptors (Lipinski definition) is 4. The van der Waals surface area contributed by atoms with Crippen LogP contribution in [0, 0.1) is 5.21 Å². The van der Waals surface area contributed by atoms with Gasteiger partial charge in [0.25, 0.3) is 6.17 Å². The van der Waals surface area contributed by atoms with Gasteiger partial charge >= 0.3 is 0 Å². The Bertz CT molecular complexity index is 832. The molecule has 1 heterocycles. The Kier molecular flexibility index (Phi) is 5.77. The van der Waals surface area contributed by atoms with Gasteiger partial charge in [-0.05, 0) is 43.7 Å². The Morgan fingerprint density at radius 3 is 2.37 bits per heavy atom. The average molecular weight is 400 g/mol. The highest BCUT2D eigenvalue weighted by molar-refractivity contribution is 8.24. The molecule has 0 unspecified atom stereocenters. The second kappa shape index (κ2) is 7.90. The first-order valence-electron chi connectivity index (χ1n) is 8.89. The first-order chi connectivity index (χ1) is 12.8. The van der Waals surface area contributed by atoms with Crippen LogP contribution in [0.25, 0.3) is 0 Å². The van der Waals surface area contributed by atoms with Crippen LogP contribution in [0.4, 0.5) is 5.69 Å². The quantitative estimate of drug-likeness (QED) is 0.246. The predicted octanol–water partition coefficient (Wildman–Crippen LogP) is 4.32. The number of anilines is 1. The number of benzene rings is 2. The van der Waals surface area contributed by atoms with E-state index in [0.717, 1.165) is 25.9 Å². The van der Waals surface area contributed by atoms with Crippen molar-refractivity contribution in [1.29, 1.82) is 0 Å². The van der Waals surface area contributed by atoms with Crippen LogP contribution in [0.1, 0.15) is 25.0 Å². The van der Waals surface area contributed by atoms with E-state index >= 15 is 0 Å². The average Bonchev–Trinajstić information content (AvgIpc) is 2.84. The molecule has 0 aliphatic carbocycles. The predicted molar refractivity (Wildman–Crippen MR) is 120 cm³/mol. The maximum atomic E-state index is 13.1. The zero-order valence-electron chi connectivity index (χ0n) is 16.1. The number of rotatable bonds is 5. The van der Waals surface area contributed by atoms with E-state index in [-0.39, 0.29) is 10.9 Å². The molecule has 1 aliphatic heterocycles. The second-order valence-electron chi connectivity index (χ2n) is 7.43. The molecular formula is C21H25N3OS2. The van der Waals surface area contributed by atoms with E-state index in [2.05, 4.69) is 26.0 Å². The molecule has 0 bridgehead atoms. The molecule has 27 heavy (non-hydrogen) atoms. The van der Waals surface area contributed by atoms with E-state index in [1.165, 1.54) is 0 Å². The lowest BCUT2D eigenvalue weighted by Crippen LogP contribution is -2.47. The molecule has 0 spiro atoms. The maximum Gasteiger partial charge on any atom is 0.254 e. The normalized spacial score (nSPS) is 19.4. The van der Waals surface area contributed by atoms with Crippen LogP contribution in [-0.4, -0.2) is 45.2 Å². The Labute approximate surface area is 171 Å². The molecule has 0 amide bonds. The van der Waals surface area contributed by atoms with Crippen molar-refractivity contribution in [1.82, 2.24) is 4.90 Å². The van der Waals surface area contributed by atoms with Crippen molar-refractivity contribution in [2.75, 3.05) is 19.0 Å². The van der Waals surface area contributed by atoms with Crippen molar-refractivity contribution in [3.63, 3.8) is 0 Å². The van der Waals surface area contributed by atoms with Crippen molar-refractivity contribution in [3.8, 4) is 0 Å². The largest absolute Gasteiger partial charge is 0.622 e. The van der Waals surface area contributed by atoms with Gasteiger partial charge in [-0.2, -0.15) is 4.74 Å². The molecule has 0 aromatic heterocycles. The number of thioether (sulfide) groups is 1. The minimum atomic E-state index is -0.358. The number of hydrogen-bond donors (Lipinski definition) is 0. The number of thiocarbonyl (C=S) groups is 1. The summed E-state index contributed by atoms with van der Waals surface area (Å²) in [4.78, 5) is 4.07. The van der Waals surface area contributed by atoms with Gasteiger partial charge in [-0.25, -0.2) is 0 Å². The van der Waals surface area contributed by atoms with Crippen molar-refractivity contribution in [2.45, 2.75) is 31.3 Å². The van der Waals surface area contributed by atoms with E-state index < -0.39 is 0 Å². The highest BCUT2D eigenvalue weighted by Gasteiger charge is 2.50. The van der Waals surface area contributed by atoms with E-state index in [1.807, 2.05) is 66.4 Å². The Hall–Kier alpha value is -2.05. The molecule has 2 aromatic rings. The van der Waals surface area contributed by atoms with Crippen molar-refractivity contribution >= 4 is 40.2 Å². The Morgan fingerprint density at radius 1 is 1.15 bits per heavy atom. The lowest BCUT2D eigenvalue weighted by Gasteiger charge is -2.29. The van der Waals surface area contributed by atoms with Crippen LogP contribution in [-0.2, 0) is 6.54 Å². The van der Waals surface area contributed by atoms with Crippen molar-refractivity contribution < 1.29 is 4.74 Å². The topological polar surface area (TPSA) is 32.5 Å². The van der Waals surface area contributed by atoms with Gasteiger partial charge in [0.1, 0.15) is 9.07 Å². The van der Waals surface area contributed by atoms with Crippen LogP contribution in [0.15, 0.2) is 54.6 Å². The van der Waals surface area contributed by atoms with Gasteiger partial charge in [0.2, 0.25) is 0 Å². The van der Waals surface area contributed by atoms with Crippen LogP contribution in [0.2, 0.25) is 0 Å². The zero-order chi connectivity index (χ0) is 19.6. The fourth-order valence-electron chi connectivity index (χ4n) is 3.26. The minimum Gasteiger partial charge on any atom is -0.622 e. The lowest BCUT2D eigenvalue weighted by atomic mass is 10.1. The number of nitrogens with zero attached hydrogens (tertiary/aromatic N) is 3. The molecule has 0 saturated carbocycles. The fourth-order valence-corrected chi connectivity index (χ4v) is 5.14. The third-order valence-corrected chi connectivity index (χ3v) is 6.26. The molecule has 2 aromatic carbocycles. The molecule has 1 saturated heterocycles. The monoisotopic (exact) mass is 399 g/mol. The summed E-state index contributed by atoms with van der Waals surface area (Å²) in [5.41, 5.74) is 3.13. The summed E-state index contributed by atoms with van der Waals surface area (Å²) < 4.78 is 1.53. The summed E-state index contributed by atoms with van der Waals surface area (Å²) in [5, 5.41) is 13.1. The molecule has 6 heteroatoms. The van der Waals surface area contributed by atoms with Crippen LogP contribution in [0.3, 0.4) is 0 Å². The Balaban J connectivity index is 1.88. The summed E-state index contributed by atoms with van der Waals surface area (Å²) in [7, 11) is 4.00. The van der Waals surface area contributed by atoms with Gasteiger partial charge < -0.3 is 10.1 Å². The zero-order valence-corrected chi connectivity index (χ0v) is 17.8. The van der Waals surface area contributed by atoms with Crippen LogP contribution in [0.5, 0.6) is 0 Å². The van der Waals surface area contributed by atoms with Gasteiger partial charge in [-0.1, -0.05) is 54.3 Å². The maximum absolute atomic E-state index is 13.1. The van der Waals surface area contributed by atoms with E-state index in [9.17, 15) is 5.21 Å². The molecule has 0 radical (unpaired) electrons. The van der Waals surface area contributed by atoms with Crippen molar-refractivity contribution in [2.24, 2.45) is 0 Å². The molecule has 142 valence electrons. The van der Waals surface area contributed by atoms with Gasteiger partial charge in [0, 0.05) is 25.3 Å². The van der Waals surface area contributed by atoms with Gasteiger partial charge in [0.05, 0.1) is 6.54 Å². The van der Waals surface area contributed by atoms with E-state index in [4.69, 9.17) is 12.2 Å². The lowest BCUT2D eigenvalue weighted by molar-refractivity contribution is -0.524. The van der Waals surface area contributed by atoms with E-state index in [0.29, 0.717) is 6.54 Å². The van der Waals surface area contributed by atoms with Crippen molar-refractivity contribution in [3.05, 3.63) is 70.9 Å². The minimum absolute atomic E-state index is 0.298. The second-order valence-corrected chi connectivity index (χ2v) is 9.72. The Morgan fingerprint density at radius 2 is 1.78 bits per heavy atom. The molecule has 1 aliphatic rings. The highest BCUT2D eigenvalue weighted by atomic mass is 32.2. The van der Waals surface area contributed by atoms with E-state index in [1.54, 1.807) is 18.0 Å². The smallest absolute Gasteiger partial charge is 0.254 e. The molecule has 1 fully saturated rings. The molecule has 4 nitrogen and oxygen atoms in total. The first kappa shape index (κ1) is 19.7. The summed E-state index contributed by atoms with van der Waals surface area (Å²) in [6.07, 6.45) is 1.31. The standard InChI is InChI=1S/C21H25N3OS2/c1-21(2)19(23(20(26)27-21)14-16-8-6-5-7-9-16)24(25)15-17-10-12-18(13-11-17)22(3)4/h5-13,15,19H,14H2,1-4H3/b24-15-/t19-/m1/s1. The van der Waals surface area contributed by atoms with Gasteiger partial charge in [-0.3, -0.25) is 4.90 Å². The third-order valence-electron chi connectivity index (χ3n) is 4.62. The fraction of sp³-hybridized carbons (Fsp3) is 0.333. The van der Waals surface area contributed by atoms with Gasteiger partial charge in [0.15, 0.2) is 6.21 Å². The highest BCUT2D eigenvalue weighted by Crippen LogP contribution is 2.42. The molecule has 0 N–H and O–H groups in total. The molecular weight excluding hydrogens is 374 g/mol. The van der Waals surface area contributed by atoms with Gasteiger partial charge in [-0.15, -0.1) is 0 Å². The number of hydroxylamine groups is 1. The third kappa shape index (κ3) is 4.45. The first-order valence-corrected chi connectivity index (χ1v) is 10.1.